The highest BCUT2D eigenvalue weighted by Gasteiger charge is 2.38. The Labute approximate surface area is 803 Å². The molecule has 0 spiro atoms. The number of phenolic OH excluding ortho intramolecular Hbond substituents is 4. The van der Waals surface area contributed by atoms with Crippen molar-refractivity contribution >= 4 is 24.1 Å². The summed E-state index contributed by atoms with van der Waals surface area (Å²) >= 11 is 0. The third kappa shape index (κ3) is 38.6. The van der Waals surface area contributed by atoms with Crippen LogP contribution in [0.2, 0.25) is 0 Å². The summed E-state index contributed by atoms with van der Waals surface area (Å²) in [6, 6.07) is 75.3. The third-order valence-corrected chi connectivity index (χ3v) is 25.4. The normalized spacial score (nSPS) is 15.7. The molecular formula is C117H160O17. The second-order valence-electron chi connectivity index (χ2n) is 39.7. The molecule has 0 radical (unpaired) electrons. The van der Waals surface area contributed by atoms with Crippen molar-refractivity contribution in [2.24, 2.45) is 17.8 Å². The zero-order valence-corrected chi connectivity index (χ0v) is 84.6. The number of esters is 3. The number of carbonyl (C=O) groups is 4. The minimum absolute atomic E-state index is 0.0395. The summed E-state index contributed by atoms with van der Waals surface area (Å²) in [4.78, 5) is 50.4. The predicted octanol–water partition coefficient (Wildman–Crippen LogP) is 30.3. The maximum atomic E-state index is 13.0. The smallest absolute Gasteiger partial charge is 0.508 e. The van der Waals surface area contributed by atoms with Gasteiger partial charge in [-0.3, -0.25) is 14.4 Å². The van der Waals surface area contributed by atoms with Crippen molar-refractivity contribution in [2.75, 3.05) is 13.2 Å². The van der Waals surface area contributed by atoms with Gasteiger partial charge in [0.25, 0.3) is 0 Å². The van der Waals surface area contributed by atoms with Gasteiger partial charge in [0.2, 0.25) is 0 Å². The van der Waals surface area contributed by atoms with E-state index in [4.69, 9.17) is 42.6 Å². The van der Waals surface area contributed by atoms with Gasteiger partial charge in [-0.2, -0.15) is 0 Å². The van der Waals surface area contributed by atoms with Gasteiger partial charge in [0.05, 0.1) is 17.8 Å². The van der Waals surface area contributed by atoms with E-state index >= 15 is 0 Å². The number of ether oxygens (including phenoxy) is 9. The highest BCUT2D eigenvalue weighted by atomic mass is 16.7. The van der Waals surface area contributed by atoms with Gasteiger partial charge < -0.3 is 63.1 Å². The minimum atomic E-state index is -0.707. The molecule has 17 nitrogen and oxygen atoms in total. The van der Waals surface area contributed by atoms with Gasteiger partial charge in [-0.15, -0.1) is 0 Å². The number of hydrogen-bond acceptors (Lipinski definition) is 17. The summed E-state index contributed by atoms with van der Waals surface area (Å²) in [5.41, 5.74) is 9.24. The Kier molecular flexibility index (Phi) is 45.1. The van der Waals surface area contributed by atoms with Gasteiger partial charge in [0, 0.05) is 13.2 Å². The Hall–Kier alpha value is -10.6. The van der Waals surface area contributed by atoms with E-state index in [9.17, 15) is 39.6 Å². The van der Waals surface area contributed by atoms with Crippen LogP contribution >= 0.6 is 0 Å². The minimum Gasteiger partial charge on any atom is -0.508 e. The highest BCUT2D eigenvalue weighted by molar-refractivity contribution is 5.74. The summed E-state index contributed by atoms with van der Waals surface area (Å²) in [5, 5.41) is 38.7. The van der Waals surface area contributed by atoms with Gasteiger partial charge in [-0.05, 0) is 387 Å². The fourth-order valence-corrected chi connectivity index (χ4v) is 18.0. The lowest BCUT2D eigenvalue weighted by Crippen LogP contribution is -2.34. The van der Waals surface area contributed by atoms with Gasteiger partial charge in [-0.25, -0.2) is 4.79 Å². The molecule has 0 heterocycles. The van der Waals surface area contributed by atoms with Crippen molar-refractivity contribution in [2.45, 2.75) is 350 Å². The second kappa shape index (κ2) is 54.8. The molecule has 0 aliphatic heterocycles. The number of phenols is 4. The van der Waals surface area contributed by atoms with Crippen molar-refractivity contribution in [3.63, 3.8) is 0 Å². The molecule has 0 amide bonds. The van der Waals surface area contributed by atoms with Crippen LogP contribution < -0.4 is 14.2 Å². The first-order valence-electron chi connectivity index (χ1n) is 49.4. The van der Waals surface area contributed by atoms with Crippen LogP contribution in [0.25, 0.3) is 0 Å². The fourth-order valence-electron chi connectivity index (χ4n) is 18.0. The largest absolute Gasteiger partial charge is 0.514 e. The number of benzene rings is 9. The average molecular weight is 1840 g/mol. The Morgan fingerprint density at radius 2 is 0.567 bits per heavy atom. The van der Waals surface area contributed by atoms with Gasteiger partial charge >= 0.3 is 24.1 Å². The SMILES string of the molecule is CCC(CC(CC(C)C(=O)OC(C)(C)C)c1ccccc1)c1ccc(O)cc1.CCC(CC(CC(C)C(=O)OC1(CC)CCCC1)c1ccccc1)c1ccc(O)cc1.CCOC(C)Oc1ccc(C(CC(C)C(=O)OC(C)(C)C)CC(CC)c2ccc(O)cc2)cc1.CCOC(C)Oc1ccc(C(CC(C)c2ccc(OC(=O)OC(C)(C)C)cc2)CC(CC)c2ccc(O)cc2)cc1. The summed E-state index contributed by atoms with van der Waals surface area (Å²) in [7, 11) is 0. The summed E-state index contributed by atoms with van der Waals surface area (Å²) in [6.45, 7) is 44.8. The van der Waals surface area contributed by atoms with Crippen molar-refractivity contribution < 1.29 is 82.2 Å². The lowest BCUT2D eigenvalue weighted by molar-refractivity contribution is -0.165. The molecule has 134 heavy (non-hydrogen) atoms. The predicted molar refractivity (Wildman–Crippen MR) is 540 cm³/mol. The molecule has 1 fully saturated rings. The maximum Gasteiger partial charge on any atom is 0.514 e. The van der Waals surface area contributed by atoms with Crippen molar-refractivity contribution in [1.29, 1.82) is 0 Å². The molecule has 0 saturated heterocycles. The monoisotopic (exact) mass is 1840 g/mol. The number of carbonyl (C=O) groups excluding carboxylic acids is 4. The van der Waals surface area contributed by atoms with Crippen LogP contribution in [0, 0.1) is 17.8 Å². The van der Waals surface area contributed by atoms with E-state index in [1.165, 1.54) is 50.1 Å². The first kappa shape index (κ1) is 110. The molecule has 4 N–H and O–H groups in total. The Morgan fingerprint density at radius 3 is 0.851 bits per heavy atom. The van der Waals surface area contributed by atoms with Crippen LogP contribution in [0.5, 0.6) is 40.2 Å². The quantitative estimate of drug-likeness (QED) is 0.0120. The summed E-state index contributed by atoms with van der Waals surface area (Å²) in [6.07, 6.45) is 14.9. The van der Waals surface area contributed by atoms with Crippen LogP contribution in [0.15, 0.2) is 231 Å². The number of hydrogen-bond donors (Lipinski definition) is 4. The molecule has 1 aliphatic rings. The molecule has 730 valence electrons. The molecule has 0 aromatic heterocycles. The first-order valence-corrected chi connectivity index (χ1v) is 49.4. The van der Waals surface area contributed by atoms with Crippen LogP contribution in [0.3, 0.4) is 0 Å². The van der Waals surface area contributed by atoms with E-state index < -0.39 is 23.0 Å². The maximum absolute atomic E-state index is 13.0. The van der Waals surface area contributed by atoms with E-state index in [0.29, 0.717) is 60.7 Å². The topological polar surface area (TPSA) is 232 Å². The lowest BCUT2D eigenvalue weighted by atomic mass is 9.78. The highest BCUT2D eigenvalue weighted by Crippen LogP contribution is 2.45. The van der Waals surface area contributed by atoms with Crippen molar-refractivity contribution in [1.82, 2.24) is 0 Å². The van der Waals surface area contributed by atoms with E-state index in [0.717, 1.165) is 114 Å². The molecule has 0 bridgehead atoms. The van der Waals surface area contributed by atoms with E-state index in [2.05, 4.69) is 114 Å². The van der Waals surface area contributed by atoms with E-state index in [1.807, 2.05) is 220 Å². The molecule has 9 aromatic carbocycles. The summed E-state index contributed by atoms with van der Waals surface area (Å²) < 4.78 is 50.7. The van der Waals surface area contributed by atoms with Crippen molar-refractivity contribution in [3.8, 4) is 40.2 Å². The molecule has 17 heteroatoms. The fraction of sp³-hybridized carbons (Fsp3) is 0.504. The summed E-state index contributed by atoms with van der Waals surface area (Å²) in [5.74, 6) is 4.96. The Morgan fingerprint density at radius 1 is 0.306 bits per heavy atom. The first-order chi connectivity index (χ1) is 63.6. The standard InChI is InChI=1S/C35H46O6.C29H42O5.C28H38O3.C25H34O3/c1-8-26(28-10-16-31(36)17-11-28)23-30(29-14-20-32(21-15-29)39-25(4)38-9-2)22-24(3)27-12-18-33(19-13-27)40-34(37)41-35(5,6)7;1-8-22(23-10-14-26(30)15-11-23)19-25(18-20(3)28(31)34-29(5,6)7)24-12-16-27(17-13-24)33-21(4)32-9-2;1-4-22(24-13-15-26(29)16-14-24)20-25(23-11-7-6-8-12-23)19-21(3)27(30)31-28(5-2)17-9-10-18-28;1-6-19(21-12-14-23(26)15-13-21)17-22(20-10-8-7-9-11-20)16-18(2)24(27)28-25(3,4)5/h10-21,24-26,30,36H,8-9,22-23H2,1-7H3;10-17,20-22,25,30H,8-9,18-19H2,1-7H3;6-8,11-16,21-22,25,29H,4-5,9-10,17-20H2,1-3H3;7-15,18-19,22,26H,6,16-17H2,1-5H3. The zero-order chi connectivity index (χ0) is 98.3. The molecule has 14 unspecified atom stereocenters. The van der Waals surface area contributed by atoms with Crippen LogP contribution in [0.4, 0.5) is 4.79 Å². The number of rotatable bonds is 43. The molecule has 9 aromatic rings. The molecule has 1 aliphatic carbocycles. The van der Waals surface area contributed by atoms with E-state index in [1.54, 1.807) is 48.5 Å². The molecule has 1 saturated carbocycles. The van der Waals surface area contributed by atoms with Gasteiger partial charge in [0.1, 0.15) is 62.7 Å². The molecule has 14 atom stereocenters. The molecular weight excluding hydrogens is 1680 g/mol. The van der Waals surface area contributed by atoms with Crippen LogP contribution in [0.1, 0.15) is 365 Å². The molecule has 10 rings (SSSR count). The van der Waals surface area contributed by atoms with E-state index in [-0.39, 0.29) is 94.8 Å². The Balaban J connectivity index is 0.000000246. The zero-order valence-electron chi connectivity index (χ0n) is 84.6. The van der Waals surface area contributed by atoms with Crippen LogP contribution in [-0.4, -0.2) is 92.7 Å². The Bertz CT molecular complexity index is 4820. The third-order valence-electron chi connectivity index (χ3n) is 25.4. The van der Waals surface area contributed by atoms with Crippen LogP contribution in [-0.2, 0) is 42.8 Å². The van der Waals surface area contributed by atoms with Gasteiger partial charge in [-0.1, -0.05) is 208 Å². The lowest BCUT2D eigenvalue weighted by Gasteiger charge is -2.31. The average Bonchev–Trinajstić information content (AvgIpc) is 1.20. The second-order valence-corrected chi connectivity index (χ2v) is 39.7. The van der Waals surface area contributed by atoms with Crippen molar-refractivity contribution in [3.05, 3.63) is 281 Å². The van der Waals surface area contributed by atoms with Gasteiger partial charge in [0.15, 0.2) is 12.6 Å². The number of aromatic hydroxyl groups is 4.